The molecule has 0 aromatic heterocycles. The summed E-state index contributed by atoms with van der Waals surface area (Å²) < 4.78 is 0. The average Bonchev–Trinajstić information content (AvgIpc) is 2.84. The largest absolute Gasteiger partial charge is 0.384 e. The van der Waals surface area contributed by atoms with Crippen molar-refractivity contribution >= 4 is 5.69 Å². The molecule has 1 saturated carbocycles. The second kappa shape index (κ2) is 5.90. The fraction of sp³-hybridized carbons (Fsp3) is 0.571. The maximum Gasteiger partial charge on any atom is 0.0340 e. The van der Waals surface area contributed by atoms with Crippen molar-refractivity contribution in [3.8, 4) is 0 Å². The van der Waals surface area contributed by atoms with Gasteiger partial charge in [0.1, 0.15) is 0 Å². The Morgan fingerprint density at radius 3 is 2.56 bits per heavy atom. The van der Waals surface area contributed by atoms with E-state index in [1.165, 1.54) is 31.4 Å². The Balaban J connectivity index is 1.67. The molecule has 0 saturated heterocycles. The maximum atomic E-state index is 3.46. The number of benzene rings is 1. The van der Waals surface area contributed by atoms with Gasteiger partial charge in [-0.3, -0.25) is 0 Å². The van der Waals surface area contributed by atoms with E-state index >= 15 is 0 Å². The zero-order valence-electron chi connectivity index (χ0n) is 10.2. The number of para-hydroxylation sites is 1. The summed E-state index contributed by atoms with van der Waals surface area (Å²) in [6.45, 7) is 2.18. The minimum absolute atomic E-state index is 0.831. The van der Waals surface area contributed by atoms with Crippen LogP contribution in [-0.4, -0.2) is 31.1 Å². The molecule has 0 amide bonds. The SMILES string of the molecule is CN(CCNc1ccccc1)C1CCCC1. The van der Waals surface area contributed by atoms with Gasteiger partial charge in [0, 0.05) is 24.8 Å². The molecule has 2 rings (SSSR count). The van der Waals surface area contributed by atoms with Gasteiger partial charge in [-0.2, -0.15) is 0 Å². The quantitative estimate of drug-likeness (QED) is 0.817. The average molecular weight is 218 g/mol. The van der Waals surface area contributed by atoms with E-state index in [1.54, 1.807) is 0 Å². The summed E-state index contributed by atoms with van der Waals surface area (Å²) in [5, 5.41) is 3.46. The van der Waals surface area contributed by atoms with Crippen molar-refractivity contribution < 1.29 is 0 Å². The maximum absolute atomic E-state index is 3.46. The minimum Gasteiger partial charge on any atom is -0.384 e. The highest BCUT2D eigenvalue weighted by Crippen LogP contribution is 2.21. The summed E-state index contributed by atoms with van der Waals surface area (Å²) >= 11 is 0. The number of likely N-dealkylation sites (N-methyl/N-ethyl adjacent to an activating group) is 1. The smallest absolute Gasteiger partial charge is 0.0340 e. The lowest BCUT2D eigenvalue weighted by atomic mass is 10.2. The highest BCUT2D eigenvalue weighted by atomic mass is 15.1. The van der Waals surface area contributed by atoms with E-state index in [0.717, 1.165) is 19.1 Å². The van der Waals surface area contributed by atoms with Crippen LogP contribution < -0.4 is 5.32 Å². The van der Waals surface area contributed by atoms with Crippen LogP contribution in [0.3, 0.4) is 0 Å². The first-order valence-corrected chi connectivity index (χ1v) is 6.35. The van der Waals surface area contributed by atoms with E-state index in [1.807, 2.05) is 0 Å². The predicted molar refractivity (Wildman–Crippen MR) is 69.8 cm³/mol. The topological polar surface area (TPSA) is 15.3 Å². The first-order valence-electron chi connectivity index (χ1n) is 6.35. The number of nitrogens with one attached hydrogen (secondary N) is 1. The predicted octanol–water partition coefficient (Wildman–Crippen LogP) is 2.97. The number of hydrogen-bond acceptors (Lipinski definition) is 2. The number of rotatable bonds is 5. The van der Waals surface area contributed by atoms with Crippen molar-refractivity contribution in [2.45, 2.75) is 31.7 Å². The van der Waals surface area contributed by atoms with E-state index in [0.29, 0.717) is 0 Å². The molecule has 0 heterocycles. The fourth-order valence-electron chi connectivity index (χ4n) is 2.46. The molecule has 88 valence electrons. The molecule has 0 aliphatic heterocycles. The Hall–Kier alpha value is -1.02. The number of anilines is 1. The molecule has 0 spiro atoms. The molecule has 2 nitrogen and oxygen atoms in total. The summed E-state index contributed by atoms with van der Waals surface area (Å²) in [4.78, 5) is 2.50. The van der Waals surface area contributed by atoms with Crippen molar-refractivity contribution in [1.82, 2.24) is 4.90 Å². The van der Waals surface area contributed by atoms with Crippen LogP contribution in [0.5, 0.6) is 0 Å². The minimum atomic E-state index is 0.831. The van der Waals surface area contributed by atoms with Gasteiger partial charge in [0.2, 0.25) is 0 Å². The second-order valence-corrected chi connectivity index (χ2v) is 4.71. The lowest BCUT2D eigenvalue weighted by Crippen LogP contribution is -2.33. The second-order valence-electron chi connectivity index (χ2n) is 4.71. The fourth-order valence-corrected chi connectivity index (χ4v) is 2.46. The Morgan fingerprint density at radius 1 is 1.19 bits per heavy atom. The summed E-state index contributed by atoms with van der Waals surface area (Å²) in [5.74, 6) is 0. The van der Waals surface area contributed by atoms with Crippen molar-refractivity contribution in [2.75, 3.05) is 25.5 Å². The summed E-state index contributed by atoms with van der Waals surface area (Å²) in [5.41, 5.74) is 1.22. The van der Waals surface area contributed by atoms with Crippen LogP contribution in [0.15, 0.2) is 30.3 Å². The molecule has 1 aromatic rings. The van der Waals surface area contributed by atoms with Gasteiger partial charge in [0.05, 0.1) is 0 Å². The standard InChI is InChI=1S/C14H22N2/c1-16(14-9-5-6-10-14)12-11-15-13-7-3-2-4-8-13/h2-4,7-8,14-15H,5-6,9-12H2,1H3. The molecular formula is C14H22N2. The van der Waals surface area contributed by atoms with Crippen molar-refractivity contribution in [3.63, 3.8) is 0 Å². The Kier molecular flexibility index (Phi) is 4.23. The van der Waals surface area contributed by atoms with E-state index in [-0.39, 0.29) is 0 Å². The lowest BCUT2D eigenvalue weighted by Gasteiger charge is -2.24. The third kappa shape index (κ3) is 3.24. The number of hydrogen-bond donors (Lipinski definition) is 1. The van der Waals surface area contributed by atoms with Gasteiger partial charge in [0.25, 0.3) is 0 Å². The van der Waals surface area contributed by atoms with Crippen molar-refractivity contribution in [1.29, 1.82) is 0 Å². The summed E-state index contributed by atoms with van der Waals surface area (Å²) in [7, 11) is 2.25. The van der Waals surface area contributed by atoms with Crippen molar-refractivity contribution in [3.05, 3.63) is 30.3 Å². The highest BCUT2D eigenvalue weighted by Gasteiger charge is 2.18. The van der Waals surface area contributed by atoms with Crippen LogP contribution >= 0.6 is 0 Å². The highest BCUT2D eigenvalue weighted by molar-refractivity contribution is 5.42. The van der Waals surface area contributed by atoms with E-state index < -0.39 is 0 Å². The van der Waals surface area contributed by atoms with Gasteiger partial charge in [-0.1, -0.05) is 31.0 Å². The molecular weight excluding hydrogens is 196 g/mol. The van der Waals surface area contributed by atoms with Gasteiger partial charge >= 0.3 is 0 Å². The van der Waals surface area contributed by atoms with Gasteiger partial charge < -0.3 is 10.2 Å². The van der Waals surface area contributed by atoms with Gasteiger partial charge in [-0.25, -0.2) is 0 Å². The molecule has 0 radical (unpaired) electrons. The van der Waals surface area contributed by atoms with Crippen LogP contribution in [-0.2, 0) is 0 Å². The van der Waals surface area contributed by atoms with Crippen molar-refractivity contribution in [2.24, 2.45) is 0 Å². The normalized spacial score (nSPS) is 16.9. The first-order chi connectivity index (χ1) is 7.86. The molecule has 16 heavy (non-hydrogen) atoms. The number of nitrogens with zero attached hydrogens (tertiary/aromatic N) is 1. The molecule has 1 aliphatic rings. The zero-order chi connectivity index (χ0) is 11.2. The third-order valence-electron chi connectivity index (χ3n) is 3.52. The van der Waals surface area contributed by atoms with Crippen LogP contribution in [0.2, 0.25) is 0 Å². The Labute approximate surface area is 98.7 Å². The molecule has 1 fully saturated rings. The van der Waals surface area contributed by atoms with Gasteiger partial charge in [-0.15, -0.1) is 0 Å². The molecule has 0 atom stereocenters. The van der Waals surface area contributed by atoms with E-state index in [2.05, 4.69) is 47.6 Å². The van der Waals surface area contributed by atoms with Gasteiger partial charge in [-0.05, 0) is 32.0 Å². The zero-order valence-corrected chi connectivity index (χ0v) is 10.2. The Bertz CT molecular complexity index is 291. The first kappa shape index (κ1) is 11.5. The third-order valence-corrected chi connectivity index (χ3v) is 3.52. The molecule has 0 unspecified atom stereocenters. The van der Waals surface area contributed by atoms with Gasteiger partial charge in [0.15, 0.2) is 0 Å². The molecule has 0 bridgehead atoms. The van der Waals surface area contributed by atoms with E-state index in [9.17, 15) is 0 Å². The Morgan fingerprint density at radius 2 is 1.88 bits per heavy atom. The molecule has 1 aliphatic carbocycles. The molecule has 1 aromatic carbocycles. The van der Waals surface area contributed by atoms with Crippen LogP contribution in [0, 0.1) is 0 Å². The monoisotopic (exact) mass is 218 g/mol. The van der Waals surface area contributed by atoms with Crippen LogP contribution in [0.4, 0.5) is 5.69 Å². The van der Waals surface area contributed by atoms with Crippen LogP contribution in [0.1, 0.15) is 25.7 Å². The molecule has 2 heteroatoms. The lowest BCUT2D eigenvalue weighted by molar-refractivity contribution is 0.254. The molecule has 1 N–H and O–H groups in total. The van der Waals surface area contributed by atoms with E-state index in [4.69, 9.17) is 0 Å². The summed E-state index contributed by atoms with van der Waals surface area (Å²) in [6, 6.07) is 11.3. The van der Waals surface area contributed by atoms with Crippen LogP contribution in [0.25, 0.3) is 0 Å². The summed E-state index contributed by atoms with van der Waals surface area (Å²) in [6.07, 6.45) is 5.62.